The average Bonchev–Trinajstić information content (AvgIpc) is 2.95. The summed E-state index contributed by atoms with van der Waals surface area (Å²) < 4.78 is 39.0. The van der Waals surface area contributed by atoms with Gasteiger partial charge in [0, 0.05) is 41.4 Å². The van der Waals surface area contributed by atoms with Gasteiger partial charge in [0.25, 0.3) is 0 Å². The summed E-state index contributed by atoms with van der Waals surface area (Å²) in [4.78, 5) is 42.8. The quantitative estimate of drug-likeness (QED) is 0.483. The molecule has 0 saturated carbocycles. The summed E-state index contributed by atoms with van der Waals surface area (Å²) in [6, 6.07) is 13.5. The Morgan fingerprint density at radius 2 is 1.81 bits per heavy atom. The number of phenols is 1. The average molecular weight is 504 g/mol. The fourth-order valence-corrected chi connectivity index (χ4v) is 4.39. The van der Waals surface area contributed by atoms with E-state index in [0.29, 0.717) is 28.8 Å². The van der Waals surface area contributed by atoms with Crippen LogP contribution < -0.4 is 11.1 Å². The third kappa shape index (κ3) is 6.50. The number of primary amides is 1. The van der Waals surface area contributed by atoms with Crippen LogP contribution in [0, 0.1) is 11.8 Å². The van der Waals surface area contributed by atoms with E-state index in [9.17, 15) is 32.7 Å². The Bertz CT molecular complexity index is 1150. The summed E-state index contributed by atoms with van der Waals surface area (Å²) in [5.41, 5.74) is 7.22. The molecule has 2 amide bonds. The third-order valence-electron chi connectivity index (χ3n) is 6.17. The van der Waals surface area contributed by atoms with E-state index in [2.05, 4.69) is 10.3 Å². The first-order chi connectivity index (χ1) is 17.0. The molecule has 2 aromatic carbocycles. The second kappa shape index (κ2) is 11.4. The molecule has 1 heterocycles. The monoisotopic (exact) mass is 503 g/mol. The van der Waals surface area contributed by atoms with E-state index in [1.165, 1.54) is 6.07 Å². The number of benzene rings is 2. The Kier molecular flexibility index (Phi) is 8.49. The number of hydrogen-bond donors (Lipinski definition) is 3. The van der Waals surface area contributed by atoms with Gasteiger partial charge >= 0.3 is 6.18 Å². The van der Waals surface area contributed by atoms with Crippen LogP contribution in [0.5, 0.6) is 5.75 Å². The molecule has 10 heteroatoms. The maximum Gasteiger partial charge on any atom is 0.389 e. The highest BCUT2D eigenvalue weighted by Gasteiger charge is 2.38. The van der Waals surface area contributed by atoms with Gasteiger partial charge in [0.15, 0.2) is 11.9 Å². The lowest BCUT2D eigenvalue weighted by Gasteiger charge is -2.25. The van der Waals surface area contributed by atoms with Gasteiger partial charge in [-0.15, -0.1) is 0 Å². The number of ketones is 1. The maximum atomic E-state index is 13.2. The fourth-order valence-electron chi connectivity index (χ4n) is 4.39. The molecule has 0 aromatic heterocycles. The van der Waals surface area contributed by atoms with E-state index in [-0.39, 0.29) is 18.6 Å². The van der Waals surface area contributed by atoms with Crippen LogP contribution in [0.4, 0.5) is 13.2 Å². The number of nitrogens with two attached hydrogens (primary N) is 1. The molecule has 36 heavy (non-hydrogen) atoms. The van der Waals surface area contributed by atoms with E-state index >= 15 is 0 Å². The number of halogens is 3. The van der Waals surface area contributed by atoms with Crippen molar-refractivity contribution in [2.24, 2.45) is 22.6 Å². The van der Waals surface area contributed by atoms with Gasteiger partial charge in [-0.3, -0.25) is 19.4 Å². The molecule has 0 fully saturated rings. The minimum Gasteiger partial charge on any atom is -0.508 e. The Balaban J connectivity index is 1.99. The number of phenolic OH excluding ortho intramolecular Hbond substituents is 1. The molecule has 0 aliphatic carbocycles. The molecule has 0 radical (unpaired) electrons. The zero-order chi connectivity index (χ0) is 26.5. The van der Waals surface area contributed by atoms with Crippen molar-refractivity contribution >= 4 is 23.3 Å². The second-order valence-electron chi connectivity index (χ2n) is 8.76. The highest BCUT2D eigenvalue weighted by atomic mass is 19.4. The summed E-state index contributed by atoms with van der Waals surface area (Å²) in [5, 5.41) is 12.9. The van der Waals surface area contributed by atoms with Crippen LogP contribution in [0.25, 0.3) is 0 Å². The predicted molar refractivity (Wildman–Crippen MR) is 127 cm³/mol. The van der Waals surface area contributed by atoms with Gasteiger partial charge in [0.05, 0.1) is 5.71 Å². The third-order valence-corrected chi connectivity index (χ3v) is 6.17. The molecule has 3 atom stereocenters. The molecule has 4 N–H and O–H groups in total. The number of Topliss-reactive ketones (excluding diaryl/α,β-unsaturated/α-hetero) is 1. The molecule has 7 nitrogen and oxygen atoms in total. The van der Waals surface area contributed by atoms with Gasteiger partial charge in [-0.1, -0.05) is 55.8 Å². The summed E-state index contributed by atoms with van der Waals surface area (Å²) in [6.07, 6.45) is -7.60. The largest absolute Gasteiger partial charge is 0.508 e. The van der Waals surface area contributed by atoms with Crippen LogP contribution in [0.1, 0.15) is 49.3 Å². The number of aliphatic imine (C=N–C) groups is 1. The summed E-state index contributed by atoms with van der Waals surface area (Å²) in [6.45, 7) is 1.73. The smallest absolute Gasteiger partial charge is 0.389 e. The predicted octanol–water partition coefficient (Wildman–Crippen LogP) is 3.66. The number of nitrogens with zero attached hydrogens (tertiary/aromatic N) is 1. The van der Waals surface area contributed by atoms with Crippen LogP contribution in [-0.2, 0) is 20.8 Å². The highest BCUT2D eigenvalue weighted by molar-refractivity contribution is 6.16. The van der Waals surface area contributed by atoms with Crippen molar-refractivity contribution in [3.63, 3.8) is 0 Å². The van der Waals surface area contributed by atoms with E-state index in [0.717, 1.165) is 0 Å². The topological polar surface area (TPSA) is 122 Å². The van der Waals surface area contributed by atoms with Crippen molar-refractivity contribution in [1.29, 1.82) is 0 Å². The van der Waals surface area contributed by atoms with E-state index in [4.69, 9.17) is 5.73 Å². The number of rotatable bonds is 9. The lowest BCUT2D eigenvalue weighted by molar-refractivity contribution is -0.146. The molecular formula is C26H28F3N3O4. The minimum atomic E-state index is -4.54. The molecule has 0 bridgehead atoms. The lowest BCUT2D eigenvalue weighted by Crippen LogP contribution is -2.47. The second-order valence-corrected chi connectivity index (χ2v) is 8.76. The van der Waals surface area contributed by atoms with Crippen molar-refractivity contribution in [1.82, 2.24) is 5.32 Å². The zero-order valence-electron chi connectivity index (χ0n) is 19.7. The van der Waals surface area contributed by atoms with Crippen molar-refractivity contribution in [2.45, 2.75) is 51.4 Å². The van der Waals surface area contributed by atoms with Gasteiger partial charge in [-0.2, -0.15) is 13.2 Å². The van der Waals surface area contributed by atoms with E-state index < -0.39 is 54.6 Å². The first-order valence-electron chi connectivity index (χ1n) is 11.7. The SMILES string of the molecule is CCC[C@H](C(N)=O)[C@@H](CCC(F)(F)F)C(=O)N[C@H]1N=C(c2ccccc2)c2cccc(O)c2CC1=O. The van der Waals surface area contributed by atoms with Gasteiger partial charge in [0.2, 0.25) is 11.8 Å². The van der Waals surface area contributed by atoms with Crippen molar-refractivity contribution < 1.29 is 32.7 Å². The fraction of sp³-hybridized carbons (Fsp3) is 0.385. The molecule has 2 aromatic rings. The Labute approximate surface area is 206 Å². The summed E-state index contributed by atoms with van der Waals surface area (Å²) in [7, 11) is 0. The molecule has 3 rings (SSSR count). The lowest BCUT2D eigenvalue weighted by atomic mass is 9.83. The number of amides is 2. The first kappa shape index (κ1) is 26.9. The van der Waals surface area contributed by atoms with Crippen molar-refractivity contribution in [3.8, 4) is 5.75 Å². The minimum absolute atomic E-state index is 0.115. The molecular weight excluding hydrogens is 475 g/mol. The van der Waals surface area contributed by atoms with Gasteiger partial charge in [0.1, 0.15) is 5.75 Å². The molecule has 1 aliphatic heterocycles. The number of carbonyl (C=O) groups is 3. The van der Waals surface area contributed by atoms with Gasteiger partial charge < -0.3 is 16.2 Å². The number of hydrogen-bond acceptors (Lipinski definition) is 5. The molecule has 192 valence electrons. The van der Waals surface area contributed by atoms with Gasteiger partial charge in [-0.05, 0) is 18.9 Å². The maximum absolute atomic E-state index is 13.2. The normalized spacial score (nSPS) is 17.4. The summed E-state index contributed by atoms with van der Waals surface area (Å²) >= 11 is 0. The standard InChI is InChI=1S/C26H28F3N3O4/c1-2-7-17(23(30)35)18(12-13-26(27,28)29)25(36)32-24-21(34)14-19-16(10-6-11-20(19)33)22(31-24)15-8-4-3-5-9-15/h3-6,8-11,17-18,24,33H,2,7,12-14H2,1H3,(H2,30,35)(H,32,36)/t17-,18+,24+/m0/s1. The van der Waals surface area contributed by atoms with E-state index in [1.54, 1.807) is 49.4 Å². The van der Waals surface area contributed by atoms with E-state index in [1.807, 2.05) is 0 Å². The number of alkyl halides is 3. The van der Waals surface area contributed by atoms with Crippen LogP contribution >= 0.6 is 0 Å². The zero-order valence-corrected chi connectivity index (χ0v) is 19.7. The molecule has 0 unspecified atom stereocenters. The Morgan fingerprint density at radius 1 is 1.11 bits per heavy atom. The highest BCUT2D eigenvalue weighted by Crippen LogP contribution is 2.31. The Morgan fingerprint density at radius 3 is 2.42 bits per heavy atom. The van der Waals surface area contributed by atoms with Crippen LogP contribution in [-0.4, -0.2) is 40.8 Å². The van der Waals surface area contributed by atoms with Crippen LogP contribution in [0.3, 0.4) is 0 Å². The first-order valence-corrected chi connectivity index (χ1v) is 11.7. The summed E-state index contributed by atoms with van der Waals surface area (Å²) in [5.74, 6) is -4.96. The van der Waals surface area contributed by atoms with Gasteiger partial charge in [-0.25, -0.2) is 0 Å². The van der Waals surface area contributed by atoms with Crippen LogP contribution in [0.2, 0.25) is 0 Å². The molecule has 1 aliphatic rings. The molecule has 0 saturated heterocycles. The number of fused-ring (bicyclic) bond motifs is 1. The number of carbonyl (C=O) groups excluding carboxylic acids is 3. The molecule has 0 spiro atoms. The van der Waals surface area contributed by atoms with Crippen LogP contribution in [0.15, 0.2) is 53.5 Å². The number of aromatic hydroxyl groups is 1. The van der Waals surface area contributed by atoms with Crippen molar-refractivity contribution in [2.75, 3.05) is 0 Å². The number of nitrogens with one attached hydrogen (secondary N) is 1. The van der Waals surface area contributed by atoms with Crippen molar-refractivity contribution in [3.05, 3.63) is 65.2 Å². The Hall–Kier alpha value is -3.69.